The highest BCUT2D eigenvalue weighted by Crippen LogP contribution is 2.52. The van der Waals surface area contributed by atoms with E-state index < -0.39 is 0 Å². The molecule has 2 aliphatic carbocycles. The first-order chi connectivity index (χ1) is 5.27. The summed E-state index contributed by atoms with van der Waals surface area (Å²) in [5, 5.41) is 3.59. The van der Waals surface area contributed by atoms with Crippen molar-refractivity contribution in [2.24, 2.45) is 11.8 Å². The lowest BCUT2D eigenvalue weighted by molar-refractivity contribution is 0.224. The van der Waals surface area contributed by atoms with Crippen molar-refractivity contribution in [3.05, 3.63) is 0 Å². The van der Waals surface area contributed by atoms with Gasteiger partial charge in [0.05, 0.1) is 0 Å². The van der Waals surface area contributed by atoms with Gasteiger partial charge in [-0.1, -0.05) is 0 Å². The van der Waals surface area contributed by atoms with Crippen LogP contribution in [0.4, 0.5) is 0 Å². The summed E-state index contributed by atoms with van der Waals surface area (Å²) in [4.78, 5) is 2.42. The highest BCUT2D eigenvalue weighted by Gasteiger charge is 2.61. The average molecular weight is 152 g/mol. The Labute approximate surface area is 68.0 Å². The molecule has 3 rings (SSSR count). The summed E-state index contributed by atoms with van der Waals surface area (Å²) in [6.07, 6.45) is 2.96. The van der Waals surface area contributed by atoms with Crippen molar-refractivity contribution in [3.63, 3.8) is 0 Å². The molecule has 11 heavy (non-hydrogen) atoms. The molecule has 0 aromatic rings. The number of nitrogens with one attached hydrogen (secondary N) is 1. The molecule has 2 nitrogen and oxygen atoms in total. The van der Waals surface area contributed by atoms with Crippen LogP contribution in [0.15, 0.2) is 0 Å². The fraction of sp³-hybridized carbons (Fsp3) is 1.00. The van der Waals surface area contributed by atoms with Gasteiger partial charge >= 0.3 is 0 Å². The van der Waals surface area contributed by atoms with Crippen molar-refractivity contribution >= 4 is 0 Å². The average Bonchev–Trinajstić information content (AvgIpc) is 2.57. The summed E-state index contributed by atoms with van der Waals surface area (Å²) in [7, 11) is 4.45. The van der Waals surface area contributed by atoms with Crippen molar-refractivity contribution < 1.29 is 0 Å². The van der Waals surface area contributed by atoms with Gasteiger partial charge in [0.1, 0.15) is 0 Å². The summed E-state index contributed by atoms with van der Waals surface area (Å²) in [5.74, 6) is 2.01. The first-order valence-corrected chi connectivity index (χ1v) is 4.70. The second kappa shape index (κ2) is 1.80. The van der Waals surface area contributed by atoms with Crippen LogP contribution >= 0.6 is 0 Å². The summed E-state index contributed by atoms with van der Waals surface area (Å²) in [5.41, 5.74) is 0. The van der Waals surface area contributed by atoms with E-state index in [2.05, 4.69) is 24.3 Å². The Morgan fingerprint density at radius 2 is 2.00 bits per heavy atom. The third kappa shape index (κ3) is 0.695. The quantitative estimate of drug-likeness (QED) is 0.547. The van der Waals surface area contributed by atoms with Crippen LogP contribution in [0.2, 0.25) is 0 Å². The number of piperidine rings is 1. The molecule has 5 atom stereocenters. The zero-order chi connectivity index (χ0) is 7.59. The van der Waals surface area contributed by atoms with Gasteiger partial charge in [-0.05, 0) is 38.8 Å². The van der Waals surface area contributed by atoms with E-state index >= 15 is 0 Å². The van der Waals surface area contributed by atoms with Gasteiger partial charge < -0.3 is 10.2 Å². The third-order valence-corrected chi connectivity index (χ3v) is 3.91. The Morgan fingerprint density at radius 1 is 1.18 bits per heavy atom. The smallest absolute Gasteiger partial charge is 0.0270 e. The van der Waals surface area contributed by atoms with Crippen LogP contribution in [0.3, 0.4) is 0 Å². The molecule has 62 valence electrons. The molecule has 2 heteroatoms. The molecule has 2 bridgehead atoms. The molecule has 1 aliphatic heterocycles. The Kier molecular flexibility index (Phi) is 1.06. The minimum atomic E-state index is 0.885. The molecule has 0 radical (unpaired) electrons. The van der Waals surface area contributed by atoms with Crippen LogP contribution in [-0.4, -0.2) is 37.1 Å². The number of hydrogen-bond acceptors (Lipinski definition) is 2. The number of hydrogen-bond donors (Lipinski definition) is 1. The number of nitrogens with zero attached hydrogens (tertiary/aromatic N) is 1. The van der Waals surface area contributed by atoms with Crippen LogP contribution in [0.25, 0.3) is 0 Å². The van der Waals surface area contributed by atoms with Gasteiger partial charge in [0.2, 0.25) is 0 Å². The summed E-state index contributed by atoms with van der Waals surface area (Å²) >= 11 is 0. The normalized spacial score (nSPS) is 58.6. The van der Waals surface area contributed by atoms with Crippen molar-refractivity contribution in [2.75, 3.05) is 14.1 Å². The Balaban J connectivity index is 1.82. The first kappa shape index (κ1) is 6.44. The van der Waals surface area contributed by atoms with E-state index in [4.69, 9.17) is 0 Å². The van der Waals surface area contributed by atoms with E-state index in [9.17, 15) is 0 Å². The molecular formula is C9H16N2. The van der Waals surface area contributed by atoms with E-state index in [-0.39, 0.29) is 0 Å². The van der Waals surface area contributed by atoms with Gasteiger partial charge in [-0.2, -0.15) is 0 Å². The van der Waals surface area contributed by atoms with Gasteiger partial charge in [-0.25, -0.2) is 0 Å². The van der Waals surface area contributed by atoms with Gasteiger partial charge in [0.15, 0.2) is 0 Å². The molecule has 1 saturated heterocycles. The van der Waals surface area contributed by atoms with Crippen molar-refractivity contribution in [1.82, 2.24) is 10.2 Å². The van der Waals surface area contributed by atoms with Crippen LogP contribution in [-0.2, 0) is 0 Å². The predicted octanol–water partition coefficient (Wildman–Crippen LogP) is 0.297. The van der Waals surface area contributed by atoms with Gasteiger partial charge in [-0.3, -0.25) is 0 Å². The molecular weight excluding hydrogens is 136 g/mol. The molecule has 5 unspecified atom stereocenters. The molecule has 3 aliphatic rings. The maximum Gasteiger partial charge on any atom is 0.0270 e. The zero-order valence-corrected chi connectivity index (χ0v) is 7.25. The van der Waals surface area contributed by atoms with E-state index in [0.29, 0.717) is 0 Å². The van der Waals surface area contributed by atoms with Crippen LogP contribution in [0.5, 0.6) is 0 Å². The number of rotatable bonds is 1. The van der Waals surface area contributed by atoms with Crippen LogP contribution in [0, 0.1) is 11.8 Å². The first-order valence-electron chi connectivity index (χ1n) is 4.70. The second-order valence-corrected chi connectivity index (χ2v) is 4.64. The van der Waals surface area contributed by atoms with Crippen molar-refractivity contribution in [3.8, 4) is 0 Å². The minimum absolute atomic E-state index is 0.885. The molecule has 0 amide bonds. The fourth-order valence-corrected chi connectivity index (χ4v) is 3.35. The van der Waals surface area contributed by atoms with E-state index in [1.165, 1.54) is 12.8 Å². The Morgan fingerprint density at radius 3 is 2.55 bits per heavy atom. The lowest BCUT2D eigenvalue weighted by atomic mass is 9.95. The highest BCUT2D eigenvalue weighted by atomic mass is 15.2. The summed E-state index contributed by atoms with van der Waals surface area (Å²) in [6.45, 7) is 0. The largest absolute Gasteiger partial charge is 0.307 e. The van der Waals surface area contributed by atoms with Gasteiger partial charge in [0.25, 0.3) is 0 Å². The Hall–Kier alpha value is -0.0800. The standard InChI is InChI=1S/C9H16N2/c1-11(2)7-4-5-3-6(7)9-8(5)10-9/h5-10H,3-4H2,1-2H3. The maximum absolute atomic E-state index is 3.59. The van der Waals surface area contributed by atoms with E-state index in [1.807, 2.05) is 0 Å². The minimum Gasteiger partial charge on any atom is -0.307 e. The highest BCUT2D eigenvalue weighted by molar-refractivity contribution is 5.19. The Bertz CT molecular complexity index is 190. The van der Waals surface area contributed by atoms with Crippen LogP contribution < -0.4 is 5.32 Å². The predicted molar refractivity (Wildman–Crippen MR) is 44.4 cm³/mol. The van der Waals surface area contributed by atoms with Gasteiger partial charge in [-0.15, -0.1) is 0 Å². The molecule has 0 spiro atoms. The fourth-order valence-electron chi connectivity index (χ4n) is 3.35. The second-order valence-electron chi connectivity index (χ2n) is 4.64. The lowest BCUT2D eigenvalue weighted by Crippen LogP contribution is -2.36. The molecule has 0 aromatic carbocycles. The molecule has 2 saturated carbocycles. The SMILES string of the molecule is CN(C)C1CC2CC1C1NC21. The summed E-state index contributed by atoms with van der Waals surface area (Å²) in [6, 6.07) is 2.74. The third-order valence-electron chi connectivity index (χ3n) is 3.91. The molecule has 3 fully saturated rings. The van der Waals surface area contributed by atoms with Crippen molar-refractivity contribution in [2.45, 2.75) is 31.0 Å². The molecule has 1 N–H and O–H groups in total. The van der Waals surface area contributed by atoms with Crippen LogP contribution in [0.1, 0.15) is 12.8 Å². The molecule has 0 aromatic heterocycles. The van der Waals surface area contributed by atoms with E-state index in [1.54, 1.807) is 0 Å². The summed E-state index contributed by atoms with van der Waals surface area (Å²) < 4.78 is 0. The molecule has 1 heterocycles. The van der Waals surface area contributed by atoms with Crippen molar-refractivity contribution in [1.29, 1.82) is 0 Å². The zero-order valence-electron chi connectivity index (χ0n) is 7.25. The topological polar surface area (TPSA) is 25.2 Å². The maximum atomic E-state index is 3.59. The van der Waals surface area contributed by atoms with E-state index in [0.717, 1.165) is 30.0 Å². The number of fused-ring (bicyclic) bond motifs is 5. The monoisotopic (exact) mass is 152 g/mol. The lowest BCUT2D eigenvalue weighted by Gasteiger charge is -2.26. The van der Waals surface area contributed by atoms with Gasteiger partial charge in [0, 0.05) is 18.1 Å².